The van der Waals surface area contributed by atoms with Crippen LogP contribution in [-0.2, 0) is 0 Å². The van der Waals surface area contributed by atoms with E-state index in [-0.39, 0.29) is 5.88 Å². The molecule has 1 N–H and O–H groups in total. The van der Waals surface area contributed by atoms with Crippen molar-refractivity contribution < 1.29 is 5.11 Å². The molecule has 0 aromatic carbocycles. The Labute approximate surface area is 65.0 Å². The predicted octanol–water partition coefficient (Wildman–Crippen LogP) is -0.419. The number of pyridine rings is 1. The molecule has 3 heteroatoms. The molecule has 0 fully saturated rings. The first-order chi connectivity index (χ1) is 3.80. The van der Waals surface area contributed by atoms with Crippen molar-refractivity contribution in [2.75, 3.05) is 0 Å². The van der Waals surface area contributed by atoms with Gasteiger partial charge in [-0.05, 0) is 0 Å². The van der Waals surface area contributed by atoms with E-state index < -0.39 is 0 Å². The van der Waals surface area contributed by atoms with E-state index in [1.165, 1.54) is 0 Å². The first kappa shape index (κ1) is 6.08. The van der Waals surface area contributed by atoms with Gasteiger partial charge in [0.05, 0.1) is 0 Å². The molecule has 36 valence electrons. The summed E-state index contributed by atoms with van der Waals surface area (Å²) in [6.45, 7) is 0. The van der Waals surface area contributed by atoms with E-state index in [9.17, 15) is 0 Å². The number of nitrogens with zero attached hydrogens (tertiary/aromatic N) is 1. The van der Waals surface area contributed by atoms with Gasteiger partial charge in [0.15, 0.2) is 0 Å². The molecule has 0 aliphatic heterocycles. The fraction of sp³-hybridized carbons (Fsp3) is 0. The summed E-state index contributed by atoms with van der Waals surface area (Å²) in [5.74, 6) is 0.180. The standard InChI is InChI=1S/C5H4NO.Na/c7-5-3-1-2-4-6-5;/h1-2,4H,(H,6,7);. The zero-order valence-electron chi connectivity index (χ0n) is 4.63. The average Bonchev–Trinajstić information content (AvgIpc) is 1.77. The summed E-state index contributed by atoms with van der Waals surface area (Å²) in [4.78, 5) is 3.67. The summed E-state index contributed by atoms with van der Waals surface area (Å²) in [5, 5.41) is 8.84. The summed E-state index contributed by atoms with van der Waals surface area (Å²) in [7, 11) is 0. The molecule has 8 heavy (non-hydrogen) atoms. The van der Waals surface area contributed by atoms with Crippen molar-refractivity contribution in [3.63, 3.8) is 0 Å². The molecular weight excluding hydrogens is 113 g/mol. The molecule has 2 nitrogen and oxygen atoms in total. The third-order valence-corrected chi connectivity index (χ3v) is 1.76. The summed E-state index contributed by atoms with van der Waals surface area (Å²) in [6, 6.07) is 3.69. The molecule has 0 unspecified atom stereocenters. The van der Waals surface area contributed by atoms with Gasteiger partial charge in [0.2, 0.25) is 0 Å². The van der Waals surface area contributed by atoms with Gasteiger partial charge in [-0.1, -0.05) is 0 Å². The van der Waals surface area contributed by atoms with Gasteiger partial charge in [0, 0.05) is 0 Å². The fourth-order valence-electron chi connectivity index (χ4n) is 0.477. The van der Waals surface area contributed by atoms with Gasteiger partial charge in [-0.25, -0.2) is 0 Å². The van der Waals surface area contributed by atoms with Crippen LogP contribution in [0.25, 0.3) is 0 Å². The van der Waals surface area contributed by atoms with E-state index in [2.05, 4.69) is 4.98 Å². The van der Waals surface area contributed by atoms with Gasteiger partial charge in [-0.2, -0.15) is 0 Å². The Kier molecular flexibility index (Phi) is 1.89. The van der Waals surface area contributed by atoms with Crippen LogP contribution in [0.15, 0.2) is 18.3 Å². The molecule has 1 rings (SSSR count). The monoisotopic (exact) mass is 117 g/mol. The van der Waals surface area contributed by atoms with Crippen LogP contribution in [0.1, 0.15) is 0 Å². The maximum absolute atomic E-state index is 8.84. The normalized spacial score (nSPS) is 9.25. The molecule has 0 atom stereocenters. The molecule has 1 heterocycles. The van der Waals surface area contributed by atoms with Crippen LogP contribution in [0, 0.1) is 0 Å². The first-order valence-corrected chi connectivity index (χ1v) is 3.41. The van der Waals surface area contributed by atoms with E-state index in [4.69, 9.17) is 5.11 Å². The van der Waals surface area contributed by atoms with E-state index in [0.717, 1.165) is 30.7 Å². The molecule has 0 saturated heterocycles. The topological polar surface area (TPSA) is 33.1 Å². The molecule has 0 radical (unpaired) electrons. The van der Waals surface area contributed by atoms with Crippen molar-refractivity contribution in [2.24, 2.45) is 0 Å². The maximum atomic E-state index is 8.84. The van der Waals surface area contributed by atoms with E-state index in [0.29, 0.717) is 0 Å². The van der Waals surface area contributed by atoms with Crippen molar-refractivity contribution in [3.05, 3.63) is 18.3 Å². The second kappa shape index (κ2) is 2.49. The molecule has 0 spiro atoms. The van der Waals surface area contributed by atoms with Crippen molar-refractivity contribution in [2.45, 2.75) is 0 Å². The van der Waals surface area contributed by atoms with Crippen LogP contribution in [0.5, 0.6) is 5.88 Å². The summed E-state index contributed by atoms with van der Waals surface area (Å²) < 4.78 is 0.951. The van der Waals surface area contributed by atoms with Crippen LogP contribution < -0.4 is 2.81 Å². The molecule has 0 saturated carbocycles. The Morgan fingerprint density at radius 3 is 2.75 bits per heavy atom. The Hall–Kier alpha value is -0.0500. The number of aromatic hydroxyl groups is 1. The second-order valence-electron chi connectivity index (χ2n) is 1.64. The van der Waals surface area contributed by atoms with Crippen LogP contribution in [-0.4, -0.2) is 38.0 Å². The quantitative estimate of drug-likeness (QED) is 0.468. The predicted molar refractivity (Wildman–Crippen MR) is 31.3 cm³/mol. The first-order valence-electron chi connectivity index (χ1n) is 2.41. The molecule has 0 bridgehead atoms. The molecule has 0 aliphatic rings. The number of aromatic nitrogens is 1. The summed E-state index contributed by atoms with van der Waals surface area (Å²) >= 11 is 0.864. The second-order valence-corrected chi connectivity index (χ2v) is 2.72. The summed E-state index contributed by atoms with van der Waals surface area (Å²) in [6.07, 6.45) is 1.58. The Balaban J connectivity index is 3.13. The zero-order valence-corrected chi connectivity index (χ0v) is 6.63. The minimum atomic E-state index is 0.180. The van der Waals surface area contributed by atoms with Gasteiger partial charge in [-0.3, -0.25) is 0 Å². The Morgan fingerprint density at radius 1 is 1.62 bits per heavy atom. The summed E-state index contributed by atoms with van der Waals surface area (Å²) in [5.41, 5.74) is 0. The van der Waals surface area contributed by atoms with Gasteiger partial charge < -0.3 is 0 Å². The molecular formula is C5H4NNaO. The Morgan fingerprint density at radius 2 is 2.38 bits per heavy atom. The van der Waals surface area contributed by atoms with Crippen molar-refractivity contribution in [1.29, 1.82) is 0 Å². The third kappa shape index (κ3) is 1.22. The van der Waals surface area contributed by atoms with Crippen LogP contribution in [0.4, 0.5) is 0 Å². The number of rotatable bonds is 0. The minimum absolute atomic E-state index is 0.180. The van der Waals surface area contributed by atoms with Crippen LogP contribution in [0.3, 0.4) is 0 Å². The molecule has 1 aromatic heterocycles. The van der Waals surface area contributed by atoms with Crippen molar-refractivity contribution in [1.82, 2.24) is 4.98 Å². The van der Waals surface area contributed by atoms with Crippen molar-refractivity contribution in [3.8, 4) is 5.88 Å². The van der Waals surface area contributed by atoms with E-state index in [1.54, 1.807) is 6.20 Å². The third-order valence-electron chi connectivity index (χ3n) is 0.982. The van der Waals surface area contributed by atoms with Gasteiger partial charge in [-0.15, -0.1) is 0 Å². The Bertz CT molecular complexity index is 169. The SMILES string of the molecule is Oc1nccc[c]1[Na]. The fourth-order valence-corrected chi connectivity index (χ4v) is 0.799. The number of hydrogen-bond acceptors (Lipinski definition) is 2. The van der Waals surface area contributed by atoms with E-state index in [1.807, 2.05) is 12.1 Å². The molecule has 0 aliphatic carbocycles. The van der Waals surface area contributed by atoms with Crippen LogP contribution in [0.2, 0.25) is 0 Å². The van der Waals surface area contributed by atoms with Gasteiger partial charge in [0.1, 0.15) is 0 Å². The average molecular weight is 117 g/mol. The molecule has 1 aromatic rings. The van der Waals surface area contributed by atoms with E-state index >= 15 is 0 Å². The van der Waals surface area contributed by atoms with Gasteiger partial charge >= 0.3 is 65.0 Å². The number of hydrogen-bond donors (Lipinski definition) is 1. The van der Waals surface area contributed by atoms with Crippen molar-refractivity contribution >= 4 is 30.7 Å². The van der Waals surface area contributed by atoms with Gasteiger partial charge in [0.25, 0.3) is 0 Å². The molecule has 0 amide bonds. The zero-order chi connectivity index (χ0) is 5.98. The van der Waals surface area contributed by atoms with Crippen LogP contribution >= 0.6 is 0 Å².